The summed E-state index contributed by atoms with van der Waals surface area (Å²) in [6.07, 6.45) is 0.330. The van der Waals surface area contributed by atoms with Gasteiger partial charge in [-0.2, -0.15) is 0 Å². The number of morpholine rings is 1. The molecule has 1 aromatic rings. The Balaban J connectivity index is 1.98. The van der Waals surface area contributed by atoms with Gasteiger partial charge in [0.2, 0.25) is 5.91 Å². The van der Waals surface area contributed by atoms with Crippen LogP contribution in [0.1, 0.15) is 12.5 Å². The van der Waals surface area contributed by atoms with Crippen molar-refractivity contribution in [1.29, 1.82) is 0 Å². The highest BCUT2D eigenvalue weighted by molar-refractivity contribution is 6.18. The number of carbonyl (C=O) groups excluding carboxylic acids is 1. The van der Waals surface area contributed by atoms with E-state index in [-0.39, 0.29) is 18.1 Å². The summed E-state index contributed by atoms with van der Waals surface area (Å²) in [5, 5.41) is 0. The zero-order valence-corrected chi connectivity index (χ0v) is 12.6. The summed E-state index contributed by atoms with van der Waals surface area (Å²) in [5.41, 5.74) is 0.983. The third kappa shape index (κ3) is 3.64. The minimum absolute atomic E-state index is 0.0623. The van der Waals surface area contributed by atoms with Crippen LogP contribution in [0.25, 0.3) is 0 Å². The zero-order valence-electron chi connectivity index (χ0n) is 11.8. The number of ether oxygens (including phenoxy) is 2. The highest BCUT2D eigenvalue weighted by atomic mass is 35.5. The maximum absolute atomic E-state index is 12.4. The van der Waals surface area contributed by atoms with Crippen LogP contribution in [-0.2, 0) is 16.0 Å². The normalized spacial score (nSPS) is 22.6. The van der Waals surface area contributed by atoms with Crippen LogP contribution in [0.3, 0.4) is 0 Å². The summed E-state index contributed by atoms with van der Waals surface area (Å²) in [5.74, 6) is 1.32. The first-order valence-electron chi connectivity index (χ1n) is 6.74. The number of rotatable bonds is 4. The second-order valence-electron chi connectivity index (χ2n) is 5.03. The van der Waals surface area contributed by atoms with Gasteiger partial charge in [0, 0.05) is 6.54 Å². The lowest BCUT2D eigenvalue weighted by molar-refractivity contribution is -0.142. The van der Waals surface area contributed by atoms with E-state index in [1.807, 2.05) is 36.1 Å². The smallest absolute Gasteiger partial charge is 0.227 e. The third-order valence-electron chi connectivity index (χ3n) is 3.51. The van der Waals surface area contributed by atoms with Gasteiger partial charge in [0.05, 0.1) is 38.2 Å². The summed E-state index contributed by atoms with van der Waals surface area (Å²) < 4.78 is 10.7. The quantitative estimate of drug-likeness (QED) is 0.799. The molecule has 0 radical (unpaired) electrons. The number of methoxy groups -OCH3 is 1. The lowest BCUT2D eigenvalue weighted by Gasteiger charge is -2.37. The van der Waals surface area contributed by atoms with Crippen LogP contribution >= 0.6 is 11.6 Å². The Morgan fingerprint density at radius 3 is 2.75 bits per heavy atom. The molecule has 2 atom stereocenters. The van der Waals surface area contributed by atoms with Gasteiger partial charge in [0.1, 0.15) is 5.75 Å². The molecule has 1 fully saturated rings. The van der Waals surface area contributed by atoms with Gasteiger partial charge >= 0.3 is 0 Å². The zero-order chi connectivity index (χ0) is 14.5. The number of halogens is 1. The van der Waals surface area contributed by atoms with Gasteiger partial charge in [-0.15, -0.1) is 11.6 Å². The van der Waals surface area contributed by atoms with Crippen molar-refractivity contribution in [2.45, 2.75) is 25.5 Å². The highest BCUT2D eigenvalue weighted by Gasteiger charge is 2.28. The Morgan fingerprint density at radius 2 is 2.15 bits per heavy atom. The van der Waals surface area contributed by atoms with Crippen LogP contribution in [0.2, 0.25) is 0 Å². The molecule has 20 heavy (non-hydrogen) atoms. The predicted octanol–water partition coefficient (Wildman–Crippen LogP) is 2.09. The molecule has 4 nitrogen and oxygen atoms in total. The molecule has 1 aliphatic rings. The Kier molecular flexibility index (Phi) is 5.26. The minimum atomic E-state index is -0.0623. The first-order chi connectivity index (χ1) is 9.63. The fourth-order valence-electron chi connectivity index (χ4n) is 2.28. The summed E-state index contributed by atoms with van der Waals surface area (Å²) in [7, 11) is 1.63. The van der Waals surface area contributed by atoms with Crippen molar-refractivity contribution in [2.24, 2.45) is 0 Å². The van der Waals surface area contributed by atoms with E-state index in [1.54, 1.807) is 7.11 Å². The number of benzene rings is 1. The van der Waals surface area contributed by atoms with E-state index in [9.17, 15) is 4.79 Å². The van der Waals surface area contributed by atoms with E-state index in [0.29, 0.717) is 25.5 Å². The van der Waals surface area contributed by atoms with Crippen LogP contribution in [0.5, 0.6) is 5.75 Å². The van der Waals surface area contributed by atoms with Crippen LogP contribution in [-0.4, -0.2) is 49.1 Å². The van der Waals surface area contributed by atoms with Crippen molar-refractivity contribution in [3.8, 4) is 5.75 Å². The largest absolute Gasteiger partial charge is 0.497 e. The van der Waals surface area contributed by atoms with Gasteiger partial charge in [-0.25, -0.2) is 0 Å². The summed E-state index contributed by atoms with van der Waals surface area (Å²) >= 11 is 5.81. The molecule has 0 saturated carbocycles. The monoisotopic (exact) mass is 297 g/mol. The predicted molar refractivity (Wildman–Crippen MR) is 78.3 cm³/mol. The SMILES string of the molecule is COc1ccc(CC(=O)N2CC(CCl)OCC2C)cc1. The maximum Gasteiger partial charge on any atom is 0.227 e. The Hall–Kier alpha value is -1.26. The van der Waals surface area contributed by atoms with E-state index in [4.69, 9.17) is 21.1 Å². The van der Waals surface area contributed by atoms with Crippen LogP contribution in [0, 0.1) is 0 Å². The fourth-order valence-corrected chi connectivity index (χ4v) is 2.46. The number of carbonyl (C=O) groups is 1. The van der Waals surface area contributed by atoms with Gasteiger partial charge in [-0.05, 0) is 24.6 Å². The van der Waals surface area contributed by atoms with Gasteiger partial charge in [-0.1, -0.05) is 12.1 Å². The number of nitrogens with zero attached hydrogens (tertiary/aromatic N) is 1. The molecule has 0 aromatic heterocycles. The average Bonchev–Trinajstić information content (AvgIpc) is 2.48. The molecule has 1 saturated heterocycles. The molecule has 1 aliphatic heterocycles. The van der Waals surface area contributed by atoms with Gasteiger partial charge in [0.15, 0.2) is 0 Å². The molecule has 1 heterocycles. The van der Waals surface area contributed by atoms with Crippen molar-refractivity contribution in [3.05, 3.63) is 29.8 Å². The number of alkyl halides is 1. The summed E-state index contributed by atoms with van der Waals surface area (Å²) in [6, 6.07) is 7.67. The van der Waals surface area contributed by atoms with Crippen molar-refractivity contribution < 1.29 is 14.3 Å². The molecule has 110 valence electrons. The van der Waals surface area contributed by atoms with Gasteiger partial charge in [-0.3, -0.25) is 4.79 Å². The number of hydrogen-bond acceptors (Lipinski definition) is 3. The van der Waals surface area contributed by atoms with E-state index < -0.39 is 0 Å². The molecular formula is C15H20ClNO3. The Bertz CT molecular complexity index is 449. The van der Waals surface area contributed by atoms with Crippen molar-refractivity contribution in [1.82, 2.24) is 4.90 Å². The van der Waals surface area contributed by atoms with Gasteiger partial charge < -0.3 is 14.4 Å². The fraction of sp³-hybridized carbons (Fsp3) is 0.533. The molecule has 0 N–H and O–H groups in total. The van der Waals surface area contributed by atoms with Crippen molar-refractivity contribution >= 4 is 17.5 Å². The highest BCUT2D eigenvalue weighted by Crippen LogP contribution is 2.16. The standard InChI is InChI=1S/C15H20ClNO3/c1-11-10-20-14(8-16)9-17(11)15(18)7-12-3-5-13(19-2)6-4-12/h3-6,11,14H,7-10H2,1-2H3. The first-order valence-corrected chi connectivity index (χ1v) is 7.27. The minimum Gasteiger partial charge on any atom is -0.497 e. The molecule has 2 unspecified atom stereocenters. The van der Waals surface area contributed by atoms with E-state index in [1.165, 1.54) is 0 Å². The average molecular weight is 298 g/mol. The second-order valence-corrected chi connectivity index (χ2v) is 5.34. The molecule has 0 bridgehead atoms. The number of amides is 1. The van der Waals surface area contributed by atoms with Crippen molar-refractivity contribution in [3.63, 3.8) is 0 Å². The summed E-state index contributed by atoms with van der Waals surface area (Å²) in [6.45, 7) is 3.11. The second kappa shape index (κ2) is 6.95. The number of hydrogen-bond donors (Lipinski definition) is 0. The van der Waals surface area contributed by atoms with E-state index >= 15 is 0 Å². The topological polar surface area (TPSA) is 38.8 Å². The molecule has 1 aromatic carbocycles. The molecule has 5 heteroatoms. The summed E-state index contributed by atoms with van der Waals surface area (Å²) in [4.78, 5) is 14.3. The maximum atomic E-state index is 12.4. The molecule has 0 aliphatic carbocycles. The first kappa shape index (κ1) is 15.1. The molecular weight excluding hydrogens is 278 g/mol. The lowest BCUT2D eigenvalue weighted by atomic mass is 10.1. The van der Waals surface area contributed by atoms with Crippen LogP contribution in [0.15, 0.2) is 24.3 Å². The van der Waals surface area contributed by atoms with E-state index in [2.05, 4.69) is 0 Å². The van der Waals surface area contributed by atoms with Gasteiger partial charge in [0.25, 0.3) is 0 Å². The lowest BCUT2D eigenvalue weighted by Crippen LogP contribution is -2.52. The molecule has 2 rings (SSSR count). The van der Waals surface area contributed by atoms with E-state index in [0.717, 1.165) is 11.3 Å². The Labute approximate surface area is 124 Å². The Morgan fingerprint density at radius 1 is 1.45 bits per heavy atom. The molecule has 1 amide bonds. The van der Waals surface area contributed by atoms with Crippen molar-refractivity contribution in [2.75, 3.05) is 26.1 Å². The third-order valence-corrected chi connectivity index (χ3v) is 3.86. The molecule has 0 spiro atoms. The van der Waals surface area contributed by atoms with Crippen LogP contribution < -0.4 is 4.74 Å². The van der Waals surface area contributed by atoms with Crippen LogP contribution in [0.4, 0.5) is 0 Å².